The first-order chi connectivity index (χ1) is 11.4. The molecule has 132 valence electrons. The fourth-order valence-corrected chi connectivity index (χ4v) is 3.06. The van der Waals surface area contributed by atoms with Crippen molar-refractivity contribution in [1.82, 2.24) is 5.32 Å². The Morgan fingerprint density at radius 2 is 2.21 bits per heavy atom. The van der Waals surface area contributed by atoms with E-state index >= 15 is 0 Å². The van der Waals surface area contributed by atoms with Gasteiger partial charge < -0.3 is 10.2 Å². The Morgan fingerprint density at radius 3 is 2.83 bits per heavy atom. The Labute approximate surface area is 143 Å². The minimum atomic E-state index is -0.389. The van der Waals surface area contributed by atoms with Gasteiger partial charge in [0.25, 0.3) is 11.6 Å². The van der Waals surface area contributed by atoms with Gasteiger partial charge in [-0.25, -0.2) is 0 Å². The van der Waals surface area contributed by atoms with Crippen molar-refractivity contribution in [2.45, 2.75) is 40.0 Å². The van der Waals surface area contributed by atoms with E-state index in [0.717, 1.165) is 32.4 Å². The van der Waals surface area contributed by atoms with Gasteiger partial charge in [0.15, 0.2) is 0 Å². The van der Waals surface area contributed by atoms with Gasteiger partial charge in [-0.1, -0.05) is 20.8 Å². The third-order valence-corrected chi connectivity index (χ3v) is 4.44. The monoisotopic (exact) mass is 333 g/mol. The van der Waals surface area contributed by atoms with Crippen molar-refractivity contribution < 1.29 is 9.72 Å². The number of benzene rings is 1. The number of anilines is 1. The van der Waals surface area contributed by atoms with Crippen LogP contribution in [0.2, 0.25) is 0 Å². The summed E-state index contributed by atoms with van der Waals surface area (Å²) >= 11 is 0. The topological polar surface area (TPSA) is 75.5 Å². The Balaban J connectivity index is 2.17. The van der Waals surface area contributed by atoms with Crippen LogP contribution in [0.15, 0.2) is 18.2 Å². The summed E-state index contributed by atoms with van der Waals surface area (Å²) < 4.78 is 0. The summed E-state index contributed by atoms with van der Waals surface area (Å²) in [6.45, 7) is 8.56. The first-order valence-electron chi connectivity index (χ1n) is 8.70. The standard InChI is InChI=1S/C18H27N3O3/c1-13(2)8-9-19-18(22)15-6-7-16(17(11-15)21(23)24)20-10-4-5-14(3)12-20/h6-7,11,13-14H,4-5,8-10,12H2,1-3H3,(H,19,22)/t14-/m1/s1. The molecular weight excluding hydrogens is 306 g/mol. The number of amides is 1. The predicted octanol–water partition coefficient (Wildman–Crippen LogP) is 3.61. The van der Waals surface area contributed by atoms with E-state index < -0.39 is 0 Å². The summed E-state index contributed by atoms with van der Waals surface area (Å²) in [5, 5.41) is 14.3. The van der Waals surface area contributed by atoms with Crippen LogP contribution in [0.3, 0.4) is 0 Å². The van der Waals surface area contributed by atoms with Gasteiger partial charge in [-0.15, -0.1) is 0 Å². The van der Waals surface area contributed by atoms with Crippen LogP contribution in [-0.2, 0) is 0 Å². The molecule has 0 radical (unpaired) electrons. The van der Waals surface area contributed by atoms with Gasteiger partial charge in [-0.05, 0) is 43.2 Å². The van der Waals surface area contributed by atoms with Crippen LogP contribution in [0.5, 0.6) is 0 Å². The highest BCUT2D eigenvalue weighted by Gasteiger charge is 2.25. The molecule has 0 unspecified atom stereocenters. The SMILES string of the molecule is CC(C)CCNC(=O)c1ccc(N2CCC[C@@H](C)C2)c([N+](=O)[O-])c1. The molecule has 1 atom stereocenters. The highest BCUT2D eigenvalue weighted by Crippen LogP contribution is 2.32. The molecule has 6 nitrogen and oxygen atoms in total. The Hall–Kier alpha value is -2.11. The number of hydrogen-bond donors (Lipinski definition) is 1. The predicted molar refractivity (Wildman–Crippen MR) is 95.5 cm³/mol. The fourth-order valence-electron chi connectivity index (χ4n) is 3.06. The second kappa shape index (κ2) is 8.13. The highest BCUT2D eigenvalue weighted by molar-refractivity contribution is 5.95. The van der Waals surface area contributed by atoms with Crippen molar-refractivity contribution in [2.75, 3.05) is 24.5 Å². The summed E-state index contributed by atoms with van der Waals surface area (Å²) in [6, 6.07) is 4.80. The van der Waals surface area contributed by atoms with Gasteiger partial charge in [0.2, 0.25) is 0 Å². The Morgan fingerprint density at radius 1 is 1.46 bits per heavy atom. The molecule has 1 fully saturated rings. The van der Waals surface area contributed by atoms with Crippen molar-refractivity contribution >= 4 is 17.3 Å². The van der Waals surface area contributed by atoms with E-state index in [1.54, 1.807) is 12.1 Å². The average molecular weight is 333 g/mol. The van der Waals surface area contributed by atoms with E-state index in [4.69, 9.17) is 0 Å². The normalized spacial score (nSPS) is 17.8. The van der Waals surface area contributed by atoms with E-state index in [2.05, 4.69) is 31.0 Å². The highest BCUT2D eigenvalue weighted by atomic mass is 16.6. The quantitative estimate of drug-likeness (QED) is 0.637. The molecule has 24 heavy (non-hydrogen) atoms. The summed E-state index contributed by atoms with van der Waals surface area (Å²) in [6.07, 6.45) is 3.08. The lowest BCUT2D eigenvalue weighted by molar-refractivity contribution is -0.384. The third kappa shape index (κ3) is 4.69. The third-order valence-electron chi connectivity index (χ3n) is 4.44. The van der Waals surface area contributed by atoms with Crippen molar-refractivity contribution in [2.24, 2.45) is 11.8 Å². The van der Waals surface area contributed by atoms with Crippen LogP contribution in [0.25, 0.3) is 0 Å². The molecule has 1 saturated heterocycles. The van der Waals surface area contributed by atoms with Crippen LogP contribution in [-0.4, -0.2) is 30.5 Å². The van der Waals surface area contributed by atoms with E-state index in [1.165, 1.54) is 6.07 Å². The molecule has 1 heterocycles. The fraction of sp³-hybridized carbons (Fsp3) is 0.611. The molecule has 1 N–H and O–H groups in total. The molecule has 1 aromatic rings. The molecule has 1 aliphatic rings. The molecule has 0 bridgehead atoms. The molecule has 0 spiro atoms. The zero-order valence-corrected chi connectivity index (χ0v) is 14.7. The molecule has 6 heteroatoms. The molecule has 1 aromatic carbocycles. The van der Waals surface area contributed by atoms with Gasteiger partial charge in [0.05, 0.1) is 4.92 Å². The number of carbonyl (C=O) groups is 1. The van der Waals surface area contributed by atoms with Crippen molar-refractivity contribution in [3.63, 3.8) is 0 Å². The maximum atomic E-state index is 12.2. The Bertz CT molecular complexity index is 601. The van der Waals surface area contributed by atoms with E-state index in [-0.39, 0.29) is 16.5 Å². The number of piperidine rings is 1. The van der Waals surface area contributed by atoms with Crippen LogP contribution in [0.1, 0.15) is 50.4 Å². The maximum absolute atomic E-state index is 12.2. The van der Waals surface area contributed by atoms with Crippen molar-refractivity contribution in [1.29, 1.82) is 0 Å². The zero-order chi connectivity index (χ0) is 17.7. The zero-order valence-electron chi connectivity index (χ0n) is 14.7. The molecular formula is C18H27N3O3. The van der Waals surface area contributed by atoms with Gasteiger partial charge in [-0.2, -0.15) is 0 Å². The number of nitrogens with one attached hydrogen (secondary N) is 1. The van der Waals surface area contributed by atoms with Gasteiger partial charge in [0, 0.05) is 31.3 Å². The average Bonchev–Trinajstić information content (AvgIpc) is 2.53. The van der Waals surface area contributed by atoms with Gasteiger partial charge in [0.1, 0.15) is 5.69 Å². The van der Waals surface area contributed by atoms with Crippen LogP contribution in [0, 0.1) is 22.0 Å². The van der Waals surface area contributed by atoms with Crippen molar-refractivity contribution in [3.8, 4) is 0 Å². The smallest absolute Gasteiger partial charge is 0.293 e. The largest absolute Gasteiger partial charge is 0.366 e. The van der Waals surface area contributed by atoms with Crippen molar-refractivity contribution in [3.05, 3.63) is 33.9 Å². The van der Waals surface area contributed by atoms with E-state index in [1.807, 2.05) is 0 Å². The van der Waals surface area contributed by atoms with E-state index in [0.29, 0.717) is 29.6 Å². The molecule has 1 amide bonds. The number of hydrogen-bond acceptors (Lipinski definition) is 4. The van der Waals surface area contributed by atoms with Crippen LogP contribution in [0.4, 0.5) is 11.4 Å². The summed E-state index contributed by atoms with van der Waals surface area (Å²) in [7, 11) is 0. The second-order valence-electron chi connectivity index (χ2n) is 7.09. The number of rotatable bonds is 6. The lowest BCUT2D eigenvalue weighted by Gasteiger charge is -2.32. The number of carbonyl (C=O) groups excluding carboxylic acids is 1. The first kappa shape index (κ1) is 18.2. The minimum Gasteiger partial charge on any atom is -0.366 e. The number of nitrogens with zero attached hydrogens (tertiary/aromatic N) is 2. The second-order valence-corrected chi connectivity index (χ2v) is 7.09. The lowest BCUT2D eigenvalue weighted by Crippen LogP contribution is -2.34. The Kier molecular flexibility index (Phi) is 6.17. The molecule has 0 aromatic heterocycles. The summed E-state index contributed by atoms with van der Waals surface area (Å²) in [5.41, 5.74) is 0.977. The minimum absolute atomic E-state index is 0.0145. The lowest BCUT2D eigenvalue weighted by atomic mass is 9.99. The van der Waals surface area contributed by atoms with Crippen LogP contribution < -0.4 is 10.2 Å². The first-order valence-corrected chi connectivity index (χ1v) is 8.70. The molecule has 0 saturated carbocycles. The number of nitro groups is 1. The molecule has 2 rings (SSSR count). The summed E-state index contributed by atoms with van der Waals surface area (Å²) in [5.74, 6) is 0.776. The molecule has 0 aliphatic carbocycles. The van der Waals surface area contributed by atoms with E-state index in [9.17, 15) is 14.9 Å². The molecule has 1 aliphatic heterocycles. The maximum Gasteiger partial charge on any atom is 0.293 e. The van der Waals surface area contributed by atoms with Gasteiger partial charge in [-0.3, -0.25) is 14.9 Å². The summed E-state index contributed by atoms with van der Waals surface area (Å²) in [4.78, 5) is 25.3. The van der Waals surface area contributed by atoms with Gasteiger partial charge >= 0.3 is 0 Å². The number of nitro benzene ring substituents is 1. The van der Waals surface area contributed by atoms with Crippen LogP contribution >= 0.6 is 0 Å².